The fourth-order valence-electron chi connectivity index (χ4n) is 2.88. The topological polar surface area (TPSA) is 75.3 Å². The van der Waals surface area contributed by atoms with Gasteiger partial charge in [0.1, 0.15) is 0 Å². The highest BCUT2D eigenvalue weighted by atomic mass is 35.5. The minimum atomic E-state index is -3.90. The highest BCUT2D eigenvalue weighted by molar-refractivity contribution is 7.92. The molecule has 0 radical (unpaired) electrons. The van der Waals surface area contributed by atoms with Gasteiger partial charge in [-0.05, 0) is 73.9 Å². The van der Waals surface area contributed by atoms with Gasteiger partial charge >= 0.3 is 0 Å². The van der Waals surface area contributed by atoms with Crippen LogP contribution in [0.4, 0.5) is 11.4 Å². The van der Waals surface area contributed by atoms with Crippen LogP contribution in [-0.2, 0) is 10.0 Å². The lowest BCUT2D eigenvalue weighted by atomic mass is 10.1. The Morgan fingerprint density at radius 1 is 0.867 bits per heavy atom. The van der Waals surface area contributed by atoms with Crippen LogP contribution in [0, 0.1) is 20.8 Å². The normalized spacial score (nSPS) is 11.2. The maximum Gasteiger partial charge on any atom is 0.262 e. The molecule has 1 amide bonds. The van der Waals surface area contributed by atoms with Crippen molar-refractivity contribution in [3.05, 3.63) is 86.9 Å². The molecule has 3 aromatic rings. The lowest BCUT2D eigenvalue weighted by molar-refractivity contribution is 0.102. The Labute approximate surface area is 186 Å². The van der Waals surface area contributed by atoms with E-state index < -0.39 is 15.9 Å². The average molecular weight is 463 g/mol. The van der Waals surface area contributed by atoms with Crippen LogP contribution >= 0.6 is 23.2 Å². The van der Waals surface area contributed by atoms with Gasteiger partial charge in [-0.2, -0.15) is 0 Å². The smallest absolute Gasteiger partial charge is 0.262 e. The third kappa shape index (κ3) is 4.78. The van der Waals surface area contributed by atoms with Crippen molar-refractivity contribution in [2.24, 2.45) is 0 Å². The zero-order chi connectivity index (χ0) is 22.1. The number of nitrogens with one attached hydrogen (secondary N) is 2. The first-order chi connectivity index (χ1) is 14.1. The summed E-state index contributed by atoms with van der Waals surface area (Å²) in [5, 5.41) is 3.40. The number of rotatable bonds is 5. The highest BCUT2D eigenvalue weighted by Crippen LogP contribution is 2.27. The molecule has 0 heterocycles. The van der Waals surface area contributed by atoms with E-state index >= 15 is 0 Å². The van der Waals surface area contributed by atoms with Crippen molar-refractivity contribution in [1.29, 1.82) is 0 Å². The molecule has 5 nitrogen and oxygen atoms in total. The molecule has 156 valence electrons. The first-order valence-corrected chi connectivity index (χ1v) is 11.3. The molecular formula is C22H20Cl2N2O3S. The summed E-state index contributed by atoms with van der Waals surface area (Å²) < 4.78 is 28.7. The first kappa shape index (κ1) is 22.2. The first-order valence-electron chi connectivity index (χ1n) is 9.04. The predicted octanol–water partition coefficient (Wildman–Crippen LogP) is 5.97. The van der Waals surface area contributed by atoms with E-state index in [4.69, 9.17) is 23.2 Å². The Bertz CT molecular complexity index is 1240. The SMILES string of the molecule is Cc1ccc(C(=O)Nc2cc(Cl)ccc2Cl)cc1S(=O)(=O)Nc1cccc(C)c1C. The third-order valence-electron chi connectivity index (χ3n) is 4.77. The van der Waals surface area contributed by atoms with Gasteiger partial charge in [-0.15, -0.1) is 0 Å². The second-order valence-electron chi connectivity index (χ2n) is 6.91. The van der Waals surface area contributed by atoms with Crippen molar-refractivity contribution in [2.45, 2.75) is 25.7 Å². The third-order valence-corrected chi connectivity index (χ3v) is 6.84. The number of carbonyl (C=O) groups excluding carboxylic acids is 1. The van der Waals surface area contributed by atoms with Crippen LogP contribution in [0.5, 0.6) is 0 Å². The van der Waals surface area contributed by atoms with E-state index in [0.717, 1.165) is 11.1 Å². The standard InChI is InChI=1S/C22H20Cl2N2O3S/c1-13-5-4-6-19(15(13)3)26-30(28,29)21-11-16(8-7-14(21)2)22(27)25-20-12-17(23)9-10-18(20)24/h4-12,26H,1-3H3,(H,25,27). The molecular weight excluding hydrogens is 443 g/mol. The quantitative estimate of drug-likeness (QED) is 0.490. The maximum atomic E-state index is 13.0. The monoisotopic (exact) mass is 462 g/mol. The van der Waals surface area contributed by atoms with Crippen molar-refractivity contribution < 1.29 is 13.2 Å². The average Bonchev–Trinajstić information content (AvgIpc) is 2.68. The molecule has 0 atom stereocenters. The van der Waals surface area contributed by atoms with E-state index in [1.807, 2.05) is 19.9 Å². The van der Waals surface area contributed by atoms with Crippen LogP contribution in [0.2, 0.25) is 10.0 Å². The van der Waals surface area contributed by atoms with Crippen molar-refractivity contribution in [1.82, 2.24) is 0 Å². The molecule has 0 bridgehead atoms. The number of carbonyl (C=O) groups is 1. The van der Waals surface area contributed by atoms with Gasteiger partial charge in [0.25, 0.3) is 15.9 Å². The Balaban J connectivity index is 1.93. The van der Waals surface area contributed by atoms with E-state index in [9.17, 15) is 13.2 Å². The van der Waals surface area contributed by atoms with Gasteiger partial charge < -0.3 is 5.32 Å². The van der Waals surface area contributed by atoms with Crippen molar-refractivity contribution >= 4 is 50.5 Å². The van der Waals surface area contributed by atoms with Crippen molar-refractivity contribution in [3.8, 4) is 0 Å². The van der Waals surface area contributed by atoms with Gasteiger partial charge in [0, 0.05) is 10.6 Å². The summed E-state index contributed by atoms with van der Waals surface area (Å²) >= 11 is 12.1. The minimum absolute atomic E-state index is 0.0215. The van der Waals surface area contributed by atoms with Crippen LogP contribution < -0.4 is 10.0 Å². The van der Waals surface area contributed by atoms with Gasteiger partial charge in [0.15, 0.2) is 0 Å². The number of aryl methyl sites for hydroxylation is 2. The number of hydrogen-bond donors (Lipinski definition) is 2. The summed E-state index contributed by atoms with van der Waals surface area (Å²) in [6, 6.07) is 14.6. The number of halogens is 2. The molecule has 3 rings (SSSR count). The largest absolute Gasteiger partial charge is 0.321 e. The second-order valence-corrected chi connectivity index (χ2v) is 9.41. The van der Waals surface area contributed by atoms with Crippen LogP contribution in [0.15, 0.2) is 59.5 Å². The molecule has 0 unspecified atom stereocenters. The molecule has 0 spiro atoms. The summed E-state index contributed by atoms with van der Waals surface area (Å²) in [6.45, 7) is 5.43. The number of benzene rings is 3. The van der Waals surface area contributed by atoms with Gasteiger partial charge in [0.05, 0.1) is 21.3 Å². The molecule has 0 saturated carbocycles. The van der Waals surface area contributed by atoms with Gasteiger partial charge in [-0.3, -0.25) is 9.52 Å². The van der Waals surface area contributed by atoms with Gasteiger partial charge in [0.2, 0.25) is 0 Å². The molecule has 0 fully saturated rings. The Morgan fingerprint density at radius 3 is 2.33 bits per heavy atom. The maximum absolute atomic E-state index is 13.0. The molecule has 30 heavy (non-hydrogen) atoms. The van der Waals surface area contributed by atoms with Gasteiger partial charge in [-0.1, -0.05) is 41.4 Å². The van der Waals surface area contributed by atoms with Crippen molar-refractivity contribution in [2.75, 3.05) is 10.0 Å². The van der Waals surface area contributed by atoms with Crippen LogP contribution in [0.3, 0.4) is 0 Å². The summed E-state index contributed by atoms with van der Waals surface area (Å²) in [5.41, 5.74) is 3.34. The summed E-state index contributed by atoms with van der Waals surface area (Å²) in [5.74, 6) is -0.498. The molecule has 0 aliphatic carbocycles. The van der Waals surface area contributed by atoms with E-state index in [2.05, 4.69) is 10.0 Å². The van der Waals surface area contributed by atoms with Crippen LogP contribution in [0.1, 0.15) is 27.0 Å². The summed E-state index contributed by atoms with van der Waals surface area (Å²) in [7, 11) is -3.90. The molecule has 3 aromatic carbocycles. The number of amides is 1. The Kier molecular flexibility index (Phi) is 6.41. The molecule has 0 aromatic heterocycles. The van der Waals surface area contributed by atoms with E-state index in [1.165, 1.54) is 12.1 Å². The van der Waals surface area contributed by atoms with E-state index in [-0.39, 0.29) is 10.5 Å². The zero-order valence-corrected chi connectivity index (χ0v) is 18.9. The summed E-state index contributed by atoms with van der Waals surface area (Å²) in [4.78, 5) is 12.7. The minimum Gasteiger partial charge on any atom is -0.321 e. The van der Waals surface area contributed by atoms with Gasteiger partial charge in [-0.25, -0.2) is 8.42 Å². The second kappa shape index (κ2) is 8.68. The number of anilines is 2. The predicted molar refractivity (Wildman–Crippen MR) is 122 cm³/mol. The lowest BCUT2D eigenvalue weighted by Gasteiger charge is -2.15. The number of hydrogen-bond acceptors (Lipinski definition) is 3. The Hall–Kier alpha value is -2.54. The lowest BCUT2D eigenvalue weighted by Crippen LogP contribution is -2.18. The fraction of sp³-hybridized carbons (Fsp3) is 0.136. The van der Waals surface area contributed by atoms with Crippen molar-refractivity contribution in [3.63, 3.8) is 0 Å². The van der Waals surface area contributed by atoms with Crippen LogP contribution in [0.25, 0.3) is 0 Å². The van der Waals surface area contributed by atoms with E-state index in [1.54, 1.807) is 43.3 Å². The summed E-state index contributed by atoms with van der Waals surface area (Å²) in [6.07, 6.45) is 0. The highest BCUT2D eigenvalue weighted by Gasteiger charge is 2.21. The fourth-order valence-corrected chi connectivity index (χ4v) is 4.61. The molecule has 0 saturated heterocycles. The molecule has 0 aliphatic heterocycles. The zero-order valence-electron chi connectivity index (χ0n) is 16.6. The Morgan fingerprint density at radius 2 is 1.60 bits per heavy atom. The molecule has 8 heteroatoms. The van der Waals surface area contributed by atoms with E-state index in [0.29, 0.717) is 27.0 Å². The number of sulfonamides is 1. The van der Waals surface area contributed by atoms with Crippen LogP contribution in [-0.4, -0.2) is 14.3 Å². The molecule has 0 aliphatic rings. The molecule has 2 N–H and O–H groups in total.